The maximum atomic E-state index is 3.78. The first-order valence-corrected chi connectivity index (χ1v) is 9.01. The van der Waals surface area contributed by atoms with Gasteiger partial charge in [0.2, 0.25) is 0 Å². The summed E-state index contributed by atoms with van der Waals surface area (Å²) in [5, 5.41) is 3.78. The average molecular weight is 365 g/mol. The molecule has 0 saturated carbocycles. The first-order valence-electron chi connectivity index (χ1n) is 7.41. The van der Waals surface area contributed by atoms with Crippen molar-refractivity contribution in [1.82, 2.24) is 4.90 Å². The molecule has 0 saturated heterocycles. The van der Waals surface area contributed by atoms with Crippen LogP contribution < -0.4 is 5.32 Å². The van der Waals surface area contributed by atoms with Crippen LogP contribution in [-0.2, 0) is 13.0 Å². The summed E-state index contributed by atoms with van der Waals surface area (Å²) < 4.78 is 1.25. The monoisotopic (exact) mass is 364 g/mol. The van der Waals surface area contributed by atoms with Gasteiger partial charge in [-0.1, -0.05) is 18.2 Å². The fourth-order valence-electron chi connectivity index (χ4n) is 3.00. The standard InChI is InChI=1S/C17H21BrN2S/c1-20(2)11-12-6-3-4-7-14(12)19-15-8-5-9-16-13(15)10-17(18)21-16/h3-4,6-7,10,15,19H,5,8-9,11H2,1-2H3. The Hall–Kier alpha value is -0.840. The Kier molecular flexibility index (Phi) is 4.67. The van der Waals surface area contributed by atoms with Crippen LogP contribution in [0.5, 0.6) is 0 Å². The molecule has 1 aromatic heterocycles. The van der Waals surface area contributed by atoms with Crippen molar-refractivity contribution in [3.8, 4) is 0 Å². The van der Waals surface area contributed by atoms with E-state index in [1.807, 2.05) is 11.3 Å². The number of aryl methyl sites for hydroxylation is 1. The third kappa shape index (κ3) is 3.50. The van der Waals surface area contributed by atoms with Crippen LogP contribution in [-0.4, -0.2) is 19.0 Å². The molecule has 0 spiro atoms. The fraction of sp³-hybridized carbons (Fsp3) is 0.412. The number of thiophene rings is 1. The van der Waals surface area contributed by atoms with Gasteiger partial charge in [0.05, 0.1) is 9.83 Å². The van der Waals surface area contributed by atoms with Gasteiger partial charge in [-0.2, -0.15) is 0 Å². The lowest BCUT2D eigenvalue weighted by Crippen LogP contribution is -2.18. The largest absolute Gasteiger partial charge is 0.378 e. The number of anilines is 1. The zero-order chi connectivity index (χ0) is 14.8. The highest BCUT2D eigenvalue weighted by atomic mass is 79.9. The van der Waals surface area contributed by atoms with Crippen LogP contribution >= 0.6 is 27.3 Å². The minimum atomic E-state index is 0.444. The Morgan fingerprint density at radius 2 is 2.14 bits per heavy atom. The molecule has 1 aromatic carbocycles. The quantitative estimate of drug-likeness (QED) is 0.815. The highest BCUT2D eigenvalue weighted by molar-refractivity contribution is 9.11. The summed E-state index contributed by atoms with van der Waals surface area (Å²) in [5.41, 5.74) is 4.12. The predicted molar refractivity (Wildman–Crippen MR) is 95.2 cm³/mol. The lowest BCUT2D eigenvalue weighted by atomic mass is 9.93. The predicted octanol–water partition coefficient (Wildman–Crippen LogP) is 5.06. The van der Waals surface area contributed by atoms with Crippen molar-refractivity contribution in [1.29, 1.82) is 0 Å². The molecule has 3 rings (SSSR count). The molecular weight excluding hydrogens is 344 g/mol. The molecule has 2 aromatic rings. The second kappa shape index (κ2) is 6.51. The lowest BCUT2D eigenvalue weighted by molar-refractivity contribution is 0.403. The van der Waals surface area contributed by atoms with E-state index in [9.17, 15) is 0 Å². The maximum Gasteiger partial charge on any atom is 0.0705 e. The number of rotatable bonds is 4. The number of nitrogens with one attached hydrogen (secondary N) is 1. The van der Waals surface area contributed by atoms with Crippen molar-refractivity contribution in [2.75, 3.05) is 19.4 Å². The van der Waals surface area contributed by atoms with Crippen LogP contribution in [0.3, 0.4) is 0 Å². The lowest BCUT2D eigenvalue weighted by Gasteiger charge is -2.26. The summed E-state index contributed by atoms with van der Waals surface area (Å²) in [6.07, 6.45) is 3.71. The second-order valence-electron chi connectivity index (χ2n) is 5.91. The molecule has 1 N–H and O–H groups in total. The van der Waals surface area contributed by atoms with Gasteiger partial charge in [-0.3, -0.25) is 0 Å². The van der Waals surface area contributed by atoms with E-state index in [1.54, 1.807) is 0 Å². The van der Waals surface area contributed by atoms with E-state index in [-0.39, 0.29) is 0 Å². The molecule has 1 aliphatic carbocycles. The molecule has 2 nitrogen and oxygen atoms in total. The number of fused-ring (bicyclic) bond motifs is 1. The maximum absolute atomic E-state index is 3.78. The van der Waals surface area contributed by atoms with E-state index in [0.29, 0.717) is 6.04 Å². The van der Waals surface area contributed by atoms with Crippen LogP contribution in [0.1, 0.15) is 34.9 Å². The number of hydrogen-bond acceptors (Lipinski definition) is 3. The Balaban J connectivity index is 1.84. The van der Waals surface area contributed by atoms with E-state index in [1.165, 1.54) is 44.7 Å². The van der Waals surface area contributed by atoms with Crippen molar-refractivity contribution >= 4 is 33.0 Å². The van der Waals surface area contributed by atoms with Gasteiger partial charge in [0, 0.05) is 17.1 Å². The molecule has 0 aliphatic heterocycles. The second-order valence-corrected chi connectivity index (χ2v) is 8.43. The normalized spacial score (nSPS) is 17.8. The summed E-state index contributed by atoms with van der Waals surface area (Å²) in [6.45, 7) is 0.968. The van der Waals surface area contributed by atoms with Gasteiger partial charge in [0.25, 0.3) is 0 Å². The van der Waals surface area contributed by atoms with Crippen LogP contribution in [0, 0.1) is 0 Å². The molecule has 0 amide bonds. The topological polar surface area (TPSA) is 15.3 Å². The van der Waals surface area contributed by atoms with E-state index in [4.69, 9.17) is 0 Å². The molecule has 0 radical (unpaired) electrons. The summed E-state index contributed by atoms with van der Waals surface area (Å²) in [5.74, 6) is 0. The Labute approximate surface area is 139 Å². The summed E-state index contributed by atoms with van der Waals surface area (Å²) in [6, 6.07) is 11.4. The van der Waals surface area contributed by atoms with E-state index >= 15 is 0 Å². The Bertz CT molecular complexity index is 621. The summed E-state index contributed by atoms with van der Waals surface area (Å²) in [4.78, 5) is 3.75. The SMILES string of the molecule is CN(C)Cc1ccccc1NC1CCCc2sc(Br)cc21. The van der Waals surface area contributed by atoms with Crippen LogP contribution in [0.2, 0.25) is 0 Å². The molecule has 1 aliphatic rings. The van der Waals surface area contributed by atoms with Crippen molar-refractivity contribution < 1.29 is 0 Å². The van der Waals surface area contributed by atoms with E-state index < -0.39 is 0 Å². The number of nitrogens with zero attached hydrogens (tertiary/aromatic N) is 1. The van der Waals surface area contributed by atoms with Gasteiger partial charge in [-0.15, -0.1) is 11.3 Å². The van der Waals surface area contributed by atoms with Gasteiger partial charge in [-0.05, 0) is 72.5 Å². The summed E-state index contributed by atoms with van der Waals surface area (Å²) in [7, 11) is 4.23. The van der Waals surface area contributed by atoms with Crippen molar-refractivity contribution in [3.63, 3.8) is 0 Å². The van der Waals surface area contributed by atoms with Gasteiger partial charge in [0.15, 0.2) is 0 Å². The van der Waals surface area contributed by atoms with E-state index in [0.717, 1.165) is 6.54 Å². The number of para-hydroxylation sites is 1. The minimum absolute atomic E-state index is 0.444. The van der Waals surface area contributed by atoms with Gasteiger partial charge < -0.3 is 10.2 Å². The number of benzene rings is 1. The first kappa shape index (κ1) is 15.1. The van der Waals surface area contributed by atoms with Crippen LogP contribution in [0.15, 0.2) is 34.1 Å². The Morgan fingerprint density at radius 3 is 2.95 bits per heavy atom. The van der Waals surface area contributed by atoms with E-state index in [2.05, 4.69) is 70.6 Å². The molecule has 112 valence electrons. The first-order chi connectivity index (χ1) is 10.1. The van der Waals surface area contributed by atoms with Gasteiger partial charge in [0.1, 0.15) is 0 Å². The zero-order valence-electron chi connectivity index (χ0n) is 12.5. The molecule has 1 heterocycles. The molecule has 4 heteroatoms. The molecule has 1 atom stereocenters. The van der Waals surface area contributed by atoms with Crippen LogP contribution in [0.25, 0.3) is 0 Å². The molecular formula is C17H21BrN2S. The highest BCUT2D eigenvalue weighted by Gasteiger charge is 2.23. The van der Waals surface area contributed by atoms with Gasteiger partial charge >= 0.3 is 0 Å². The number of hydrogen-bond donors (Lipinski definition) is 1. The Morgan fingerprint density at radius 1 is 1.33 bits per heavy atom. The number of halogens is 1. The molecule has 0 fully saturated rings. The third-order valence-corrected chi connectivity index (χ3v) is 5.63. The molecule has 21 heavy (non-hydrogen) atoms. The van der Waals surface area contributed by atoms with Crippen molar-refractivity contribution in [2.45, 2.75) is 31.8 Å². The van der Waals surface area contributed by atoms with Crippen molar-refractivity contribution in [3.05, 3.63) is 50.1 Å². The molecule has 0 bridgehead atoms. The van der Waals surface area contributed by atoms with Crippen LogP contribution in [0.4, 0.5) is 5.69 Å². The highest BCUT2D eigenvalue weighted by Crippen LogP contribution is 2.39. The van der Waals surface area contributed by atoms with Gasteiger partial charge in [-0.25, -0.2) is 0 Å². The fourth-order valence-corrected chi connectivity index (χ4v) is 4.82. The average Bonchev–Trinajstić information content (AvgIpc) is 2.82. The molecule has 1 unspecified atom stereocenters. The van der Waals surface area contributed by atoms with Crippen molar-refractivity contribution in [2.24, 2.45) is 0 Å². The summed E-state index contributed by atoms with van der Waals surface area (Å²) >= 11 is 5.52. The minimum Gasteiger partial charge on any atom is -0.378 e. The third-order valence-electron chi connectivity index (χ3n) is 3.92. The smallest absolute Gasteiger partial charge is 0.0705 e. The zero-order valence-corrected chi connectivity index (χ0v) is 14.9.